The van der Waals surface area contributed by atoms with E-state index in [2.05, 4.69) is 15.2 Å². The summed E-state index contributed by atoms with van der Waals surface area (Å²) < 4.78 is 101. The molecule has 3 rings (SSSR count). The van der Waals surface area contributed by atoms with E-state index in [0.717, 1.165) is 10.4 Å². The maximum absolute atomic E-state index is 13.5. The molecule has 2 amide bonds. The molecule has 2 aromatic rings. The van der Waals surface area contributed by atoms with E-state index in [9.17, 15) is 40.0 Å². The van der Waals surface area contributed by atoms with Crippen LogP contribution in [0.5, 0.6) is 5.75 Å². The van der Waals surface area contributed by atoms with Crippen LogP contribution in [0.3, 0.4) is 0 Å². The molecule has 2 heterocycles. The number of rotatable bonds is 7. The fourth-order valence-electron chi connectivity index (χ4n) is 3.22. The monoisotopic (exact) mass is 541 g/mol. The minimum Gasteiger partial charge on any atom is -0.484 e. The molecule has 36 heavy (non-hydrogen) atoms. The summed E-state index contributed by atoms with van der Waals surface area (Å²) in [4.78, 5) is 22.5. The summed E-state index contributed by atoms with van der Waals surface area (Å²) in [5.74, 6) is -0.432. The van der Waals surface area contributed by atoms with Crippen molar-refractivity contribution in [2.75, 3.05) is 29.3 Å². The zero-order valence-corrected chi connectivity index (χ0v) is 19.5. The largest absolute Gasteiger partial charge is 0.484 e. The van der Waals surface area contributed by atoms with Crippen molar-refractivity contribution in [1.82, 2.24) is 15.1 Å². The van der Waals surface area contributed by atoms with Crippen molar-refractivity contribution < 1.29 is 49.4 Å². The first kappa shape index (κ1) is 27.0. The number of hydrogen-bond acceptors (Lipinski definition) is 7. The van der Waals surface area contributed by atoms with E-state index in [1.54, 1.807) is 0 Å². The normalized spacial score (nSPS) is 15.8. The van der Waals surface area contributed by atoms with Crippen molar-refractivity contribution in [2.45, 2.75) is 37.6 Å². The van der Waals surface area contributed by atoms with Crippen molar-refractivity contribution in [3.05, 3.63) is 30.1 Å². The van der Waals surface area contributed by atoms with E-state index < -0.39 is 52.4 Å². The molecule has 1 aromatic heterocycles. The Morgan fingerprint density at radius 3 is 2.58 bits per heavy atom. The summed E-state index contributed by atoms with van der Waals surface area (Å²) in [6.45, 7) is -2.96. The smallest absolute Gasteiger partial charge is 0.422 e. The highest BCUT2D eigenvalue weighted by Crippen LogP contribution is 2.39. The second-order valence-electron chi connectivity index (χ2n) is 7.55. The van der Waals surface area contributed by atoms with Crippen LogP contribution < -0.4 is 19.7 Å². The first-order valence-electron chi connectivity index (χ1n) is 10.1. The minimum atomic E-state index is -4.75. The van der Waals surface area contributed by atoms with Crippen molar-refractivity contribution in [3.63, 3.8) is 0 Å². The number of hydrogen-bond donors (Lipinski definition) is 2. The van der Waals surface area contributed by atoms with Gasteiger partial charge in [-0.3, -0.25) is 14.4 Å². The predicted molar refractivity (Wildman–Crippen MR) is 113 cm³/mol. The average molecular weight is 541 g/mol. The zero-order valence-electron chi connectivity index (χ0n) is 18.7. The van der Waals surface area contributed by atoms with Crippen LogP contribution in [-0.4, -0.2) is 62.2 Å². The van der Waals surface area contributed by atoms with E-state index in [4.69, 9.17) is 4.74 Å². The number of fused-ring (bicyclic) bond motifs is 1. The summed E-state index contributed by atoms with van der Waals surface area (Å²) >= 11 is 0. The highest BCUT2D eigenvalue weighted by Gasteiger charge is 2.37. The molecule has 0 radical (unpaired) electrons. The van der Waals surface area contributed by atoms with Gasteiger partial charge in [0.25, 0.3) is 10.0 Å². The fourth-order valence-corrected chi connectivity index (χ4v) is 4.88. The SMILES string of the molecule is CC(=O)NCC1CN(S(=O)(=O)c2cn(C(F)F)nc2C)c2cc(NC(=O)OCC(F)(F)F)ccc2O1. The molecule has 0 spiro atoms. The lowest BCUT2D eigenvalue weighted by atomic mass is 10.2. The maximum Gasteiger partial charge on any atom is 0.422 e. The number of nitrogens with zero attached hydrogens (tertiary/aromatic N) is 3. The second kappa shape index (κ2) is 10.2. The molecule has 11 nitrogen and oxygen atoms in total. The Morgan fingerprint density at radius 1 is 1.31 bits per heavy atom. The number of ether oxygens (including phenoxy) is 2. The van der Waals surface area contributed by atoms with Crippen LogP contribution >= 0.6 is 0 Å². The van der Waals surface area contributed by atoms with E-state index in [1.165, 1.54) is 26.0 Å². The van der Waals surface area contributed by atoms with Crippen molar-refractivity contribution >= 4 is 33.4 Å². The summed E-state index contributed by atoms with van der Waals surface area (Å²) in [6.07, 6.45) is -6.44. The number of benzene rings is 1. The Kier molecular flexibility index (Phi) is 7.61. The molecule has 2 N–H and O–H groups in total. The van der Waals surface area contributed by atoms with E-state index in [-0.39, 0.29) is 40.6 Å². The highest BCUT2D eigenvalue weighted by atomic mass is 32.2. The van der Waals surface area contributed by atoms with Crippen LogP contribution in [0.2, 0.25) is 0 Å². The lowest BCUT2D eigenvalue weighted by Crippen LogP contribution is -2.48. The summed E-state index contributed by atoms with van der Waals surface area (Å²) in [6, 6.07) is 3.56. The molecule has 1 unspecified atom stereocenters. The molecule has 1 atom stereocenters. The summed E-state index contributed by atoms with van der Waals surface area (Å²) in [5, 5.41) is 8.04. The number of anilines is 2. The zero-order chi connectivity index (χ0) is 26.8. The maximum atomic E-state index is 13.5. The van der Waals surface area contributed by atoms with Gasteiger partial charge in [0.15, 0.2) is 6.61 Å². The van der Waals surface area contributed by atoms with Gasteiger partial charge in [-0.2, -0.15) is 27.1 Å². The van der Waals surface area contributed by atoms with Gasteiger partial charge >= 0.3 is 18.8 Å². The lowest BCUT2D eigenvalue weighted by Gasteiger charge is -2.35. The van der Waals surface area contributed by atoms with Crippen LogP contribution in [0.1, 0.15) is 19.2 Å². The number of carbonyl (C=O) groups excluding carboxylic acids is 2. The molecule has 0 saturated carbocycles. The number of aromatic nitrogens is 2. The van der Waals surface area contributed by atoms with Crippen LogP contribution in [-0.2, 0) is 19.6 Å². The van der Waals surface area contributed by atoms with Gasteiger partial charge in [-0.05, 0) is 25.1 Å². The molecular weight excluding hydrogens is 521 g/mol. The molecule has 17 heteroatoms. The number of amides is 2. The van der Waals surface area contributed by atoms with Crippen molar-refractivity contribution in [1.29, 1.82) is 0 Å². The molecule has 1 aliphatic rings. The second-order valence-corrected chi connectivity index (χ2v) is 9.38. The third kappa shape index (κ3) is 6.32. The number of sulfonamides is 1. The number of halogens is 5. The Balaban J connectivity index is 1.97. The van der Waals surface area contributed by atoms with Crippen LogP contribution in [0, 0.1) is 6.92 Å². The number of alkyl halides is 5. The molecule has 1 aromatic carbocycles. The highest BCUT2D eigenvalue weighted by molar-refractivity contribution is 7.92. The van der Waals surface area contributed by atoms with E-state index >= 15 is 0 Å². The van der Waals surface area contributed by atoms with Crippen LogP contribution in [0.15, 0.2) is 29.3 Å². The predicted octanol–water partition coefficient (Wildman–Crippen LogP) is 2.79. The minimum absolute atomic E-state index is 0.0201. The standard InChI is InChI=1S/C19H20F5N5O6S/c1-10-16(8-28(27-10)17(20)21)36(32,33)29-7-13(6-25-11(2)30)35-15-4-3-12(5-14(15)29)26-18(31)34-9-19(22,23)24/h3-5,8,13,17H,6-7,9H2,1-2H3,(H,25,30)(H,26,31). The van der Waals surface area contributed by atoms with E-state index in [0.29, 0.717) is 6.20 Å². The Morgan fingerprint density at radius 2 is 2.00 bits per heavy atom. The van der Waals surface area contributed by atoms with Gasteiger partial charge in [0, 0.05) is 12.6 Å². The van der Waals surface area contributed by atoms with Gasteiger partial charge in [-0.25, -0.2) is 17.9 Å². The molecular formula is C19H20F5N5O6S. The first-order chi connectivity index (χ1) is 16.7. The Labute approximate surface area is 201 Å². The van der Waals surface area contributed by atoms with Gasteiger partial charge < -0.3 is 14.8 Å². The van der Waals surface area contributed by atoms with Crippen LogP contribution in [0.25, 0.3) is 0 Å². The van der Waals surface area contributed by atoms with E-state index in [1.807, 2.05) is 5.32 Å². The molecule has 0 bridgehead atoms. The molecule has 1 aliphatic heterocycles. The summed E-state index contributed by atoms with van der Waals surface area (Å²) in [7, 11) is -4.53. The molecule has 0 fully saturated rings. The third-order valence-corrected chi connectivity index (χ3v) is 6.61. The fraction of sp³-hybridized carbons (Fsp3) is 0.421. The van der Waals surface area contributed by atoms with Crippen molar-refractivity contribution in [3.8, 4) is 5.75 Å². The molecule has 0 aliphatic carbocycles. The Bertz CT molecular complexity index is 1250. The van der Waals surface area contributed by atoms with Crippen molar-refractivity contribution in [2.24, 2.45) is 0 Å². The van der Waals surface area contributed by atoms with Gasteiger partial charge in [-0.15, -0.1) is 0 Å². The molecule has 0 saturated heterocycles. The lowest BCUT2D eigenvalue weighted by molar-refractivity contribution is -0.159. The first-order valence-corrected chi connectivity index (χ1v) is 11.5. The number of carbonyl (C=O) groups is 2. The van der Waals surface area contributed by atoms with Gasteiger partial charge in [-0.1, -0.05) is 0 Å². The quantitative estimate of drug-likeness (QED) is 0.516. The average Bonchev–Trinajstić information content (AvgIpc) is 3.18. The number of nitrogens with one attached hydrogen (secondary N) is 2. The van der Waals surface area contributed by atoms with Gasteiger partial charge in [0.1, 0.15) is 16.7 Å². The molecule has 198 valence electrons. The van der Waals surface area contributed by atoms with Crippen LogP contribution in [0.4, 0.5) is 38.1 Å². The Hall–Kier alpha value is -3.63. The number of aryl methyl sites for hydroxylation is 1. The van der Waals surface area contributed by atoms with Gasteiger partial charge in [0.05, 0.1) is 30.7 Å². The summed E-state index contributed by atoms with van der Waals surface area (Å²) in [5.41, 5.74) is -0.497. The van der Waals surface area contributed by atoms with Gasteiger partial charge in [0.2, 0.25) is 5.91 Å². The topological polar surface area (TPSA) is 132 Å². The third-order valence-electron chi connectivity index (χ3n) is 4.72.